The maximum Gasteiger partial charge on any atom is 0.224 e. The first kappa shape index (κ1) is 17.9. The van der Waals surface area contributed by atoms with Crippen molar-refractivity contribution in [1.29, 1.82) is 0 Å². The number of nitrogens with one attached hydrogen (secondary N) is 2. The van der Waals surface area contributed by atoms with Crippen LogP contribution in [0.5, 0.6) is 0 Å². The zero-order chi connectivity index (χ0) is 17.9. The van der Waals surface area contributed by atoms with Crippen molar-refractivity contribution >= 4 is 16.8 Å². The number of morpholine rings is 1. The Hall–Kier alpha value is -1.89. The first-order valence-electron chi connectivity index (χ1n) is 8.79. The van der Waals surface area contributed by atoms with E-state index in [9.17, 15) is 9.90 Å². The van der Waals surface area contributed by atoms with Crippen molar-refractivity contribution in [2.75, 3.05) is 39.4 Å². The summed E-state index contributed by atoms with van der Waals surface area (Å²) in [6.07, 6.45) is 2.19. The van der Waals surface area contributed by atoms with Gasteiger partial charge in [0.05, 0.1) is 25.2 Å². The normalized spacial score (nSPS) is 18.2. The number of H-pyrrole nitrogens is 1. The molecule has 1 amide bonds. The van der Waals surface area contributed by atoms with Gasteiger partial charge in [0, 0.05) is 43.3 Å². The topological polar surface area (TPSA) is 77.6 Å². The average Bonchev–Trinajstić information content (AvgIpc) is 2.95. The average molecular weight is 345 g/mol. The predicted octanol–water partition coefficient (Wildman–Crippen LogP) is 1.22. The molecule has 0 saturated carbocycles. The number of benzene rings is 1. The fourth-order valence-electron chi connectivity index (χ4n) is 3.27. The number of aryl methyl sites for hydroxylation is 1. The number of hydrogen-bond acceptors (Lipinski definition) is 4. The van der Waals surface area contributed by atoms with Crippen LogP contribution in [0.4, 0.5) is 0 Å². The lowest BCUT2D eigenvalue weighted by Gasteiger charge is -2.33. The molecule has 6 nitrogen and oxygen atoms in total. The third-order valence-electron chi connectivity index (χ3n) is 4.61. The molecule has 1 aromatic heterocycles. The highest BCUT2D eigenvalue weighted by Gasteiger charge is 2.26. The molecule has 3 rings (SSSR count). The van der Waals surface area contributed by atoms with Crippen molar-refractivity contribution in [2.45, 2.75) is 25.9 Å². The molecule has 0 bridgehead atoms. The van der Waals surface area contributed by atoms with Crippen LogP contribution in [-0.2, 0) is 16.0 Å². The molecule has 1 unspecified atom stereocenters. The van der Waals surface area contributed by atoms with Crippen molar-refractivity contribution < 1.29 is 14.6 Å². The van der Waals surface area contributed by atoms with E-state index in [1.54, 1.807) is 6.92 Å². The summed E-state index contributed by atoms with van der Waals surface area (Å²) < 4.78 is 5.32. The van der Waals surface area contributed by atoms with Crippen LogP contribution in [0.25, 0.3) is 10.9 Å². The maximum absolute atomic E-state index is 12.3. The van der Waals surface area contributed by atoms with Crippen molar-refractivity contribution in [3.8, 4) is 0 Å². The number of amides is 1. The number of carbonyl (C=O) groups is 1. The van der Waals surface area contributed by atoms with Crippen LogP contribution >= 0.6 is 0 Å². The molecule has 1 aromatic carbocycles. The molecular weight excluding hydrogens is 318 g/mol. The number of aromatic amines is 1. The summed E-state index contributed by atoms with van der Waals surface area (Å²) in [6.45, 7) is 7.61. The lowest BCUT2D eigenvalue weighted by molar-refractivity contribution is -0.121. The second-order valence-electron chi connectivity index (χ2n) is 7.20. The summed E-state index contributed by atoms with van der Waals surface area (Å²) in [5.74, 6) is -0.0799. The summed E-state index contributed by atoms with van der Waals surface area (Å²) >= 11 is 0. The van der Waals surface area contributed by atoms with Crippen LogP contribution in [0.2, 0.25) is 0 Å². The van der Waals surface area contributed by atoms with Crippen molar-refractivity contribution in [1.82, 2.24) is 15.2 Å². The van der Waals surface area contributed by atoms with Gasteiger partial charge in [0.1, 0.15) is 0 Å². The van der Waals surface area contributed by atoms with Crippen LogP contribution in [0, 0.1) is 6.92 Å². The Kier molecular flexibility index (Phi) is 5.42. The SMILES string of the molecule is Cc1ccc2c(CC(=O)NCC(C)(O)CN3CCOCC3)c[nH]c2c1. The second kappa shape index (κ2) is 7.56. The van der Waals surface area contributed by atoms with E-state index in [0.29, 0.717) is 26.2 Å². The van der Waals surface area contributed by atoms with Gasteiger partial charge in [-0.2, -0.15) is 0 Å². The predicted molar refractivity (Wildman–Crippen MR) is 97.6 cm³/mol. The van der Waals surface area contributed by atoms with E-state index in [4.69, 9.17) is 4.74 Å². The highest BCUT2D eigenvalue weighted by Crippen LogP contribution is 2.20. The van der Waals surface area contributed by atoms with E-state index in [-0.39, 0.29) is 12.5 Å². The van der Waals surface area contributed by atoms with E-state index in [1.807, 2.05) is 25.3 Å². The number of fused-ring (bicyclic) bond motifs is 1. The van der Waals surface area contributed by atoms with E-state index in [2.05, 4.69) is 21.3 Å². The number of ether oxygens (including phenoxy) is 1. The Morgan fingerprint density at radius 1 is 1.40 bits per heavy atom. The quantitative estimate of drug-likeness (QED) is 0.736. The number of hydrogen-bond donors (Lipinski definition) is 3. The third kappa shape index (κ3) is 4.81. The van der Waals surface area contributed by atoms with Gasteiger partial charge >= 0.3 is 0 Å². The van der Waals surface area contributed by atoms with Gasteiger partial charge in [-0.15, -0.1) is 0 Å². The molecule has 0 aliphatic carbocycles. The lowest BCUT2D eigenvalue weighted by Crippen LogP contribution is -2.51. The van der Waals surface area contributed by atoms with Crippen molar-refractivity contribution in [3.63, 3.8) is 0 Å². The number of aliphatic hydroxyl groups is 1. The van der Waals surface area contributed by atoms with E-state index >= 15 is 0 Å². The molecule has 6 heteroatoms. The second-order valence-corrected chi connectivity index (χ2v) is 7.20. The molecule has 1 aliphatic rings. The summed E-state index contributed by atoms with van der Waals surface area (Å²) in [5, 5.41) is 14.5. The lowest BCUT2D eigenvalue weighted by atomic mass is 10.1. The van der Waals surface area contributed by atoms with E-state index in [0.717, 1.165) is 29.6 Å². The minimum absolute atomic E-state index is 0.0799. The van der Waals surface area contributed by atoms with Gasteiger partial charge in [-0.05, 0) is 31.0 Å². The van der Waals surface area contributed by atoms with Crippen LogP contribution < -0.4 is 5.32 Å². The molecule has 0 radical (unpaired) electrons. The summed E-state index contributed by atoms with van der Waals surface area (Å²) in [5.41, 5.74) is 2.25. The van der Waals surface area contributed by atoms with Gasteiger partial charge in [0.25, 0.3) is 0 Å². The van der Waals surface area contributed by atoms with Gasteiger partial charge in [-0.25, -0.2) is 0 Å². The van der Waals surface area contributed by atoms with Gasteiger partial charge in [0.2, 0.25) is 5.91 Å². The first-order valence-corrected chi connectivity index (χ1v) is 8.79. The Morgan fingerprint density at radius 3 is 2.92 bits per heavy atom. The molecular formula is C19H27N3O3. The standard InChI is InChI=1S/C19H27N3O3/c1-14-3-4-16-15(11-20-17(16)9-14)10-18(23)21-12-19(2,24)13-22-5-7-25-8-6-22/h3-4,9,11,20,24H,5-8,10,12-13H2,1-2H3,(H,21,23). The molecule has 1 saturated heterocycles. The Morgan fingerprint density at radius 2 is 2.16 bits per heavy atom. The minimum atomic E-state index is -0.954. The summed E-state index contributed by atoms with van der Waals surface area (Å²) in [7, 11) is 0. The molecule has 1 atom stereocenters. The molecule has 136 valence electrons. The van der Waals surface area contributed by atoms with E-state index < -0.39 is 5.60 Å². The first-order chi connectivity index (χ1) is 11.9. The van der Waals surface area contributed by atoms with E-state index in [1.165, 1.54) is 5.56 Å². The zero-order valence-electron chi connectivity index (χ0n) is 15.0. The number of carbonyl (C=O) groups excluding carboxylic acids is 1. The highest BCUT2D eigenvalue weighted by atomic mass is 16.5. The number of β-amino-alcohol motifs (C(OH)–C–C–N with tert-alkyl or cyclic N) is 1. The summed E-state index contributed by atoms with van der Waals surface area (Å²) in [6, 6.07) is 6.16. The largest absolute Gasteiger partial charge is 0.387 e. The monoisotopic (exact) mass is 345 g/mol. The third-order valence-corrected chi connectivity index (χ3v) is 4.61. The van der Waals surface area contributed by atoms with Gasteiger partial charge in [-0.3, -0.25) is 9.69 Å². The fraction of sp³-hybridized carbons (Fsp3) is 0.526. The van der Waals surface area contributed by atoms with Gasteiger partial charge in [-0.1, -0.05) is 12.1 Å². The molecule has 2 heterocycles. The zero-order valence-corrected chi connectivity index (χ0v) is 15.0. The van der Waals surface area contributed by atoms with Gasteiger partial charge < -0.3 is 20.1 Å². The molecule has 0 spiro atoms. The molecule has 3 N–H and O–H groups in total. The minimum Gasteiger partial charge on any atom is -0.387 e. The molecule has 25 heavy (non-hydrogen) atoms. The van der Waals surface area contributed by atoms with Crippen molar-refractivity contribution in [2.24, 2.45) is 0 Å². The van der Waals surface area contributed by atoms with Gasteiger partial charge in [0.15, 0.2) is 0 Å². The van der Waals surface area contributed by atoms with Crippen molar-refractivity contribution in [3.05, 3.63) is 35.5 Å². The Labute approximate surface area is 148 Å². The van der Waals surface area contributed by atoms with Crippen LogP contribution in [0.3, 0.4) is 0 Å². The summed E-state index contributed by atoms with van der Waals surface area (Å²) in [4.78, 5) is 17.7. The van der Waals surface area contributed by atoms with Crippen LogP contribution in [0.15, 0.2) is 24.4 Å². The number of rotatable bonds is 6. The smallest absolute Gasteiger partial charge is 0.224 e. The maximum atomic E-state index is 12.3. The molecule has 1 fully saturated rings. The molecule has 2 aromatic rings. The van der Waals surface area contributed by atoms with Crippen LogP contribution in [-0.4, -0.2) is 65.9 Å². The highest BCUT2D eigenvalue weighted by molar-refractivity contribution is 5.89. The van der Waals surface area contributed by atoms with Crippen LogP contribution in [0.1, 0.15) is 18.1 Å². The number of aromatic nitrogens is 1. The Bertz CT molecular complexity index is 733. The Balaban J connectivity index is 1.53. The fourth-order valence-corrected chi connectivity index (χ4v) is 3.27. The number of nitrogens with zero attached hydrogens (tertiary/aromatic N) is 1. The molecule has 1 aliphatic heterocycles.